The molecule has 3 N–H and O–H groups in total. The summed E-state index contributed by atoms with van der Waals surface area (Å²) >= 11 is 3.32. The van der Waals surface area contributed by atoms with E-state index in [9.17, 15) is 9.59 Å². The first kappa shape index (κ1) is 15.7. The van der Waals surface area contributed by atoms with E-state index < -0.39 is 23.5 Å². The molecular weight excluding hydrogens is 312 g/mol. The first-order valence-electron chi connectivity index (χ1n) is 5.72. The number of esters is 1. The highest BCUT2D eigenvalue weighted by Gasteiger charge is 2.32. The molecule has 1 aromatic rings. The molecule has 2 atom stereocenters. The third-order valence-electron chi connectivity index (χ3n) is 2.82. The van der Waals surface area contributed by atoms with Gasteiger partial charge in [-0.25, -0.2) is 4.79 Å². The van der Waals surface area contributed by atoms with Crippen LogP contribution in [0, 0.1) is 0 Å². The van der Waals surface area contributed by atoms with E-state index in [1.807, 2.05) is 0 Å². The third-order valence-corrected chi connectivity index (χ3v) is 3.35. The van der Waals surface area contributed by atoms with Gasteiger partial charge in [-0.1, -0.05) is 28.1 Å². The smallest absolute Gasteiger partial charge is 0.328 e. The van der Waals surface area contributed by atoms with Crippen molar-refractivity contribution in [1.29, 1.82) is 0 Å². The fraction of sp³-hybridized carbons (Fsp3) is 0.385. The van der Waals surface area contributed by atoms with Gasteiger partial charge in [-0.05, 0) is 31.5 Å². The number of nitrogens with two attached hydrogens (primary N) is 1. The number of hydrogen-bond acceptors (Lipinski definition) is 4. The number of nitrogens with one attached hydrogen (secondary N) is 1. The van der Waals surface area contributed by atoms with E-state index in [4.69, 9.17) is 5.73 Å². The Morgan fingerprint density at radius 1 is 1.37 bits per heavy atom. The van der Waals surface area contributed by atoms with Crippen molar-refractivity contribution in [2.24, 2.45) is 5.73 Å². The Bertz CT molecular complexity index is 471. The number of methoxy groups -OCH3 is 1. The van der Waals surface area contributed by atoms with Crippen LogP contribution in [-0.4, -0.2) is 25.0 Å². The van der Waals surface area contributed by atoms with E-state index >= 15 is 0 Å². The number of carbonyl (C=O) groups excluding carboxylic acids is 2. The number of carbonyl (C=O) groups is 2. The summed E-state index contributed by atoms with van der Waals surface area (Å²) in [6, 6.07) is 6.38. The van der Waals surface area contributed by atoms with E-state index in [-0.39, 0.29) is 0 Å². The molecule has 0 heterocycles. The topological polar surface area (TPSA) is 81.4 Å². The lowest BCUT2D eigenvalue weighted by Gasteiger charge is -2.25. The van der Waals surface area contributed by atoms with Gasteiger partial charge in [0.2, 0.25) is 5.91 Å². The van der Waals surface area contributed by atoms with Crippen LogP contribution in [0.3, 0.4) is 0 Å². The van der Waals surface area contributed by atoms with Gasteiger partial charge in [0.05, 0.1) is 7.11 Å². The molecule has 0 fully saturated rings. The fourth-order valence-electron chi connectivity index (χ4n) is 1.51. The number of benzene rings is 1. The Morgan fingerprint density at radius 2 is 1.89 bits per heavy atom. The van der Waals surface area contributed by atoms with Crippen LogP contribution in [0.4, 0.5) is 0 Å². The van der Waals surface area contributed by atoms with Crippen molar-refractivity contribution >= 4 is 27.8 Å². The van der Waals surface area contributed by atoms with Crippen LogP contribution in [0.5, 0.6) is 0 Å². The van der Waals surface area contributed by atoms with E-state index in [1.54, 1.807) is 38.1 Å². The fourth-order valence-corrected chi connectivity index (χ4v) is 1.77. The summed E-state index contributed by atoms with van der Waals surface area (Å²) in [7, 11) is 1.27. The lowest BCUT2D eigenvalue weighted by Crippen LogP contribution is -2.53. The van der Waals surface area contributed by atoms with Crippen molar-refractivity contribution in [3.05, 3.63) is 34.3 Å². The lowest BCUT2D eigenvalue weighted by atomic mass is 9.92. The minimum absolute atomic E-state index is 0.437. The van der Waals surface area contributed by atoms with Crippen LogP contribution in [0.25, 0.3) is 0 Å². The maximum Gasteiger partial charge on any atom is 0.328 e. The van der Waals surface area contributed by atoms with Gasteiger partial charge in [0.1, 0.15) is 11.6 Å². The van der Waals surface area contributed by atoms with Gasteiger partial charge in [0.15, 0.2) is 0 Å². The molecule has 6 heteroatoms. The molecule has 0 bridgehead atoms. The molecule has 19 heavy (non-hydrogen) atoms. The van der Waals surface area contributed by atoms with E-state index in [0.717, 1.165) is 4.47 Å². The minimum Gasteiger partial charge on any atom is -0.467 e. The number of amides is 1. The molecular formula is C13H17BrN2O3. The summed E-state index contributed by atoms with van der Waals surface area (Å²) in [4.78, 5) is 23.4. The summed E-state index contributed by atoms with van der Waals surface area (Å²) in [6.07, 6.45) is 0. The van der Waals surface area contributed by atoms with Crippen molar-refractivity contribution in [3.8, 4) is 0 Å². The highest BCUT2D eigenvalue weighted by molar-refractivity contribution is 9.10. The normalized spacial score (nSPS) is 15.2. The maximum atomic E-state index is 12.1. The second-order valence-electron chi connectivity index (χ2n) is 4.43. The molecule has 0 saturated heterocycles. The quantitative estimate of drug-likeness (QED) is 0.816. The maximum absolute atomic E-state index is 12.1. The van der Waals surface area contributed by atoms with Gasteiger partial charge in [0, 0.05) is 4.47 Å². The van der Waals surface area contributed by atoms with E-state index in [0.29, 0.717) is 5.56 Å². The number of rotatable bonds is 4. The van der Waals surface area contributed by atoms with Crippen LogP contribution < -0.4 is 11.1 Å². The Labute approximate surface area is 120 Å². The summed E-state index contributed by atoms with van der Waals surface area (Å²) in [6.45, 7) is 3.14. The summed E-state index contributed by atoms with van der Waals surface area (Å²) in [5, 5.41) is 2.53. The molecule has 0 aromatic heterocycles. The lowest BCUT2D eigenvalue weighted by molar-refractivity contribution is -0.145. The van der Waals surface area contributed by atoms with Gasteiger partial charge >= 0.3 is 5.97 Å². The summed E-state index contributed by atoms with van der Waals surface area (Å²) in [5.41, 5.74) is 5.48. The first-order chi connectivity index (χ1) is 8.78. The van der Waals surface area contributed by atoms with Gasteiger partial charge < -0.3 is 15.8 Å². The van der Waals surface area contributed by atoms with Crippen molar-refractivity contribution in [2.45, 2.75) is 25.4 Å². The van der Waals surface area contributed by atoms with Gasteiger partial charge in [-0.2, -0.15) is 0 Å². The average molecular weight is 329 g/mol. The van der Waals surface area contributed by atoms with Crippen LogP contribution in [0.2, 0.25) is 0 Å². The Hall–Kier alpha value is -1.40. The van der Waals surface area contributed by atoms with Crippen molar-refractivity contribution in [1.82, 2.24) is 5.32 Å². The molecule has 0 aliphatic rings. The summed E-state index contributed by atoms with van der Waals surface area (Å²) in [5.74, 6) is -0.951. The predicted molar refractivity (Wildman–Crippen MR) is 75.3 cm³/mol. The number of halogens is 1. The van der Waals surface area contributed by atoms with Crippen molar-refractivity contribution in [3.63, 3.8) is 0 Å². The molecule has 1 unspecified atom stereocenters. The van der Waals surface area contributed by atoms with E-state index in [2.05, 4.69) is 26.0 Å². The zero-order valence-corrected chi connectivity index (χ0v) is 12.7. The van der Waals surface area contributed by atoms with Gasteiger partial charge in [-0.3, -0.25) is 4.79 Å². The molecule has 0 aliphatic heterocycles. The van der Waals surface area contributed by atoms with Crippen LogP contribution in [-0.2, 0) is 19.9 Å². The van der Waals surface area contributed by atoms with E-state index in [1.165, 1.54) is 7.11 Å². The van der Waals surface area contributed by atoms with Crippen molar-refractivity contribution < 1.29 is 14.3 Å². The molecule has 0 saturated carbocycles. The largest absolute Gasteiger partial charge is 0.467 e. The second kappa shape index (κ2) is 6.16. The average Bonchev–Trinajstić information content (AvgIpc) is 2.38. The molecule has 1 amide bonds. The molecule has 5 nitrogen and oxygen atoms in total. The second-order valence-corrected chi connectivity index (χ2v) is 5.34. The summed E-state index contributed by atoms with van der Waals surface area (Å²) < 4.78 is 5.44. The number of hydrogen-bond donors (Lipinski definition) is 2. The molecule has 1 aromatic carbocycles. The molecule has 0 spiro atoms. The third kappa shape index (κ3) is 3.78. The Morgan fingerprint density at radius 3 is 2.37 bits per heavy atom. The predicted octanol–water partition coefficient (Wildman–Crippen LogP) is 1.30. The SMILES string of the molecule is COC(=O)[C@H](C)NC(=O)C(C)(N)c1ccc(Br)cc1. The zero-order valence-electron chi connectivity index (χ0n) is 11.1. The highest BCUT2D eigenvalue weighted by Crippen LogP contribution is 2.20. The van der Waals surface area contributed by atoms with Crippen LogP contribution >= 0.6 is 15.9 Å². The number of ether oxygens (including phenoxy) is 1. The van der Waals surface area contributed by atoms with Crippen molar-refractivity contribution in [2.75, 3.05) is 7.11 Å². The first-order valence-corrected chi connectivity index (χ1v) is 6.52. The Kier molecular flexibility index (Phi) is 5.08. The van der Waals surface area contributed by atoms with Crippen LogP contribution in [0.1, 0.15) is 19.4 Å². The van der Waals surface area contributed by atoms with Crippen LogP contribution in [0.15, 0.2) is 28.7 Å². The molecule has 1 rings (SSSR count). The molecule has 0 radical (unpaired) electrons. The van der Waals surface area contributed by atoms with Gasteiger partial charge in [-0.15, -0.1) is 0 Å². The zero-order chi connectivity index (χ0) is 14.6. The molecule has 104 valence electrons. The minimum atomic E-state index is -1.22. The highest BCUT2D eigenvalue weighted by atomic mass is 79.9. The van der Waals surface area contributed by atoms with Gasteiger partial charge in [0.25, 0.3) is 0 Å². The molecule has 0 aliphatic carbocycles. The standard InChI is InChI=1S/C13H17BrN2O3/c1-8(11(17)19-3)16-12(18)13(2,15)9-4-6-10(14)7-5-9/h4-8H,15H2,1-3H3,(H,16,18)/t8-,13?/m0/s1. The Balaban J connectivity index is 2.85. The monoisotopic (exact) mass is 328 g/mol.